The molecule has 1 amide bonds. The van der Waals surface area contributed by atoms with Gasteiger partial charge in [0.25, 0.3) is 11.6 Å². The van der Waals surface area contributed by atoms with Crippen LogP contribution in [0.1, 0.15) is 59.7 Å². The molecule has 4 fully saturated rings. The van der Waals surface area contributed by atoms with Crippen LogP contribution in [-0.2, 0) is 4.74 Å². The molecule has 7 nitrogen and oxygen atoms in total. The minimum Gasteiger partial charge on any atom is -0.462 e. The number of non-ortho nitro benzene ring substituents is 1. The van der Waals surface area contributed by atoms with Crippen molar-refractivity contribution in [3.63, 3.8) is 0 Å². The SMILES string of the molecule is CCOC(=O)c1cc(C(=O)NC2C3CC4CC(C3)CC2C4)cc([N+](=O)[O-])c1. The highest BCUT2D eigenvalue weighted by atomic mass is 16.6. The Labute approximate surface area is 157 Å². The molecule has 0 radical (unpaired) electrons. The van der Waals surface area contributed by atoms with Crippen LogP contribution < -0.4 is 5.32 Å². The zero-order valence-corrected chi connectivity index (χ0v) is 15.3. The number of benzene rings is 1. The first-order valence-electron chi connectivity index (χ1n) is 9.72. The number of amides is 1. The van der Waals surface area contributed by atoms with Crippen LogP contribution in [0.15, 0.2) is 18.2 Å². The second-order valence-corrected chi connectivity index (χ2v) is 8.18. The maximum atomic E-state index is 12.9. The summed E-state index contributed by atoms with van der Waals surface area (Å²) >= 11 is 0. The van der Waals surface area contributed by atoms with Crippen molar-refractivity contribution in [2.75, 3.05) is 6.61 Å². The Bertz CT molecular complexity index is 763. The Hall–Kier alpha value is -2.44. The number of rotatable bonds is 5. The number of carbonyl (C=O) groups is 2. The van der Waals surface area contributed by atoms with Crippen molar-refractivity contribution in [1.82, 2.24) is 5.32 Å². The van der Waals surface area contributed by atoms with Crippen molar-refractivity contribution in [3.8, 4) is 0 Å². The van der Waals surface area contributed by atoms with Gasteiger partial charge in [-0.25, -0.2) is 4.79 Å². The number of nitro groups is 1. The average Bonchev–Trinajstić information content (AvgIpc) is 2.63. The minimum atomic E-state index is -0.662. The molecule has 4 saturated carbocycles. The zero-order chi connectivity index (χ0) is 19.1. The molecule has 1 N–H and O–H groups in total. The highest BCUT2D eigenvalue weighted by molar-refractivity contribution is 5.99. The molecule has 0 spiro atoms. The second kappa shape index (κ2) is 6.94. The van der Waals surface area contributed by atoms with Crippen LogP contribution in [0.3, 0.4) is 0 Å². The molecule has 0 atom stereocenters. The smallest absolute Gasteiger partial charge is 0.338 e. The summed E-state index contributed by atoms with van der Waals surface area (Å²) < 4.78 is 4.93. The van der Waals surface area contributed by atoms with Crippen LogP contribution in [0.4, 0.5) is 5.69 Å². The Morgan fingerprint density at radius 3 is 2.22 bits per heavy atom. The van der Waals surface area contributed by atoms with Crippen LogP contribution in [-0.4, -0.2) is 29.4 Å². The van der Waals surface area contributed by atoms with Gasteiger partial charge in [0.15, 0.2) is 0 Å². The van der Waals surface area contributed by atoms with Gasteiger partial charge in [-0.2, -0.15) is 0 Å². The summed E-state index contributed by atoms with van der Waals surface area (Å²) in [4.78, 5) is 35.5. The first-order valence-corrected chi connectivity index (χ1v) is 9.72. The molecular formula is C20H24N2O5. The number of hydrogen-bond acceptors (Lipinski definition) is 5. The quantitative estimate of drug-likeness (QED) is 0.486. The third-order valence-electron chi connectivity index (χ3n) is 6.43. The molecule has 1 aromatic rings. The van der Waals surface area contributed by atoms with Gasteiger partial charge in [0.05, 0.1) is 17.1 Å². The summed E-state index contributed by atoms with van der Waals surface area (Å²) in [5.41, 5.74) is -0.113. The van der Waals surface area contributed by atoms with Gasteiger partial charge in [-0.15, -0.1) is 0 Å². The van der Waals surface area contributed by atoms with Gasteiger partial charge in [0.2, 0.25) is 0 Å². The fourth-order valence-corrected chi connectivity index (χ4v) is 5.58. The maximum absolute atomic E-state index is 12.9. The summed E-state index contributed by atoms with van der Waals surface area (Å²) in [5, 5.41) is 14.3. The number of nitrogens with zero attached hydrogens (tertiary/aromatic N) is 1. The molecule has 0 saturated heterocycles. The van der Waals surface area contributed by atoms with E-state index in [1.54, 1.807) is 6.92 Å². The Balaban J connectivity index is 1.56. The Morgan fingerprint density at radius 1 is 1.07 bits per heavy atom. The molecule has 5 rings (SSSR count). The maximum Gasteiger partial charge on any atom is 0.338 e. The minimum absolute atomic E-state index is 0.0290. The van der Waals surface area contributed by atoms with Crippen LogP contribution in [0.5, 0.6) is 0 Å². The van der Waals surface area contributed by atoms with Crippen molar-refractivity contribution in [2.24, 2.45) is 23.7 Å². The second-order valence-electron chi connectivity index (χ2n) is 8.18. The molecule has 0 heterocycles. The van der Waals surface area contributed by atoms with Crippen molar-refractivity contribution in [3.05, 3.63) is 39.4 Å². The van der Waals surface area contributed by atoms with Crippen molar-refractivity contribution in [1.29, 1.82) is 0 Å². The van der Waals surface area contributed by atoms with E-state index in [-0.39, 0.29) is 35.4 Å². The van der Waals surface area contributed by atoms with Gasteiger partial charge < -0.3 is 10.1 Å². The van der Waals surface area contributed by atoms with Crippen molar-refractivity contribution in [2.45, 2.75) is 45.1 Å². The van der Waals surface area contributed by atoms with E-state index in [2.05, 4.69) is 5.32 Å². The number of nitrogens with one attached hydrogen (secondary N) is 1. The van der Waals surface area contributed by atoms with Gasteiger partial charge in [0, 0.05) is 23.7 Å². The molecule has 4 bridgehead atoms. The van der Waals surface area contributed by atoms with Crippen molar-refractivity contribution >= 4 is 17.6 Å². The van der Waals surface area contributed by atoms with E-state index in [0.717, 1.165) is 17.9 Å². The summed E-state index contributed by atoms with van der Waals surface area (Å²) in [6, 6.07) is 3.90. The topological polar surface area (TPSA) is 98.5 Å². The predicted molar refractivity (Wildman–Crippen MR) is 97.4 cm³/mol. The lowest BCUT2D eigenvalue weighted by Crippen LogP contribution is -2.55. The lowest BCUT2D eigenvalue weighted by molar-refractivity contribution is -0.384. The van der Waals surface area contributed by atoms with Gasteiger partial charge in [-0.3, -0.25) is 14.9 Å². The van der Waals surface area contributed by atoms with Gasteiger partial charge in [-0.05, 0) is 68.8 Å². The first kappa shape index (κ1) is 17.9. The van der Waals surface area contributed by atoms with Crippen LogP contribution in [0, 0.1) is 33.8 Å². The first-order chi connectivity index (χ1) is 12.9. The van der Waals surface area contributed by atoms with E-state index in [0.29, 0.717) is 11.8 Å². The van der Waals surface area contributed by atoms with Gasteiger partial charge >= 0.3 is 5.97 Å². The Morgan fingerprint density at radius 2 is 1.67 bits per heavy atom. The molecular weight excluding hydrogens is 348 g/mol. The normalized spacial score (nSPS) is 30.8. The highest BCUT2D eigenvalue weighted by Gasteiger charge is 2.48. The van der Waals surface area contributed by atoms with Gasteiger partial charge in [0.1, 0.15) is 0 Å². The fourth-order valence-electron chi connectivity index (χ4n) is 5.58. The average molecular weight is 372 g/mol. The van der Waals surface area contributed by atoms with E-state index in [1.807, 2.05) is 0 Å². The standard InChI is InChI=1S/C20H24N2O5/c1-2-27-20(24)16-8-15(9-17(10-16)22(25)26)19(23)21-18-13-4-11-3-12(6-13)7-14(18)5-11/h8-14,18H,2-7H2,1H3,(H,21,23). The Kier molecular flexibility index (Phi) is 4.61. The fraction of sp³-hybridized carbons (Fsp3) is 0.600. The molecule has 7 heteroatoms. The summed E-state index contributed by atoms with van der Waals surface area (Å²) in [6.45, 7) is 1.83. The third kappa shape index (κ3) is 3.42. The third-order valence-corrected chi connectivity index (χ3v) is 6.43. The molecule has 0 aliphatic heterocycles. The van der Waals surface area contributed by atoms with Crippen LogP contribution >= 0.6 is 0 Å². The van der Waals surface area contributed by atoms with E-state index in [4.69, 9.17) is 4.74 Å². The van der Waals surface area contributed by atoms with Crippen molar-refractivity contribution < 1.29 is 19.2 Å². The molecule has 4 aliphatic carbocycles. The summed E-state index contributed by atoms with van der Waals surface area (Å²) in [7, 11) is 0. The van der Waals surface area contributed by atoms with E-state index in [9.17, 15) is 19.7 Å². The van der Waals surface area contributed by atoms with Crippen LogP contribution in [0.2, 0.25) is 0 Å². The summed E-state index contributed by atoms with van der Waals surface area (Å²) in [6.07, 6.45) is 6.01. The number of ether oxygens (including phenoxy) is 1. The van der Waals surface area contributed by atoms with E-state index >= 15 is 0 Å². The molecule has 27 heavy (non-hydrogen) atoms. The molecule has 1 aromatic carbocycles. The predicted octanol–water partition coefficient (Wildman–Crippen LogP) is 3.33. The lowest BCUT2D eigenvalue weighted by Gasteiger charge is -2.54. The number of hydrogen-bond donors (Lipinski definition) is 1. The molecule has 144 valence electrons. The highest BCUT2D eigenvalue weighted by Crippen LogP contribution is 2.53. The molecule has 4 aliphatic rings. The molecule has 0 aromatic heterocycles. The number of esters is 1. The number of carbonyl (C=O) groups excluding carboxylic acids is 2. The van der Waals surface area contributed by atoms with Crippen LogP contribution in [0.25, 0.3) is 0 Å². The molecule has 0 unspecified atom stereocenters. The largest absolute Gasteiger partial charge is 0.462 e. The zero-order valence-electron chi connectivity index (χ0n) is 15.3. The van der Waals surface area contributed by atoms with E-state index in [1.165, 1.54) is 44.2 Å². The monoisotopic (exact) mass is 372 g/mol. The lowest BCUT2D eigenvalue weighted by atomic mass is 9.54. The van der Waals surface area contributed by atoms with E-state index < -0.39 is 10.9 Å². The number of nitro benzene ring substituents is 1. The van der Waals surface area contributed by atoms with Gasteiger partial charge in [-0.1, -0.05) is 0 Å². The summed E-state index contributed by atoms with van der Waals surface area (Å²) in [5.74, 6) is 1.61.